The topological polar surface area (TPSA) is 15.3 Å². The van der Waals surface area contributed by atoms with E-state index in [1.807, 2.05) is 0 Å². The number of nitrogens with zero attached hydrogens (tertiary/aromatic N) is 1. The fourth-order valence-corrected chi connectivity index (χ4v) is 2.23. The zero-order chi connectivity index (χ0) is 5.28. The van der Waals surface area contributed by atoms with Crippen LogP contribution in [0.1, 0.15) is 0 Å². The van der Waals surface area contributed by atoms with Crippen LogP contribution in [0.25, 0.3) is 0 Å². The van der Waals surface area contributed by atoms with Gasteiger partial charge in [-0.1, -0.05) is 28.9 Å². The molecule has 1 heterocycles. The Balaban J connectivity index is 2.40. The molecule has 0 spiro atoms. The van der Waals surface area contributed by atoms with Gasteiger partial charge in [-0.2, -0.15) is 0 Å². The summed E-state index contributed by atoms with van der Waals surface area (Å²) in [6, 6.07) is 0. The number of hydrogen-bond donors (Lipinski definition) is 2. The molecule has 0 radical (unpaired) electrons. The predicted molar refractivity (Wildman–Crippen MR) is 41.7 cm³/mol. The Morgan fingerprint density at radius 2 is 2.57 bits per heavy atom. The normalized spacial score (nSPS) is 22.7. The summed E-state index contributed by atoms with van der Waals surface area (Å²) >= 11 is 8.67. The van der Waals surface area contributed by atoms with Gasteiger partial charge in [0.25, 0.3) is 0 Å². The number of hydrogen-bond acceptors (Lipinski definition) is 5. The van der Waals surface area contributed by atoms with Crippen LogP contribution in [0, 0.1) is 0 Å². The van der Waals surface area contributed by atoms with Crippen molar-refractivity contribution in [3.8, 4) is 0 Å². The molecule has 1 N–H and O–H groups in total. The van der Waals surface area contributed by atoms with Crippen LogP contribution in [0.3, 0.4) is 0 Å². The highest BCUT2D eigenvalue weighted by Crippen LogP contribution is 2.32. The van der Waals surface area contributed by atoms with Crippen LogP contribution in [0.15, 0.2) is 0 Å². The van der Waals surface area contributed by atoms with E-state index in [0.29, 0.717) is 0 Å². The molecule has 1 saturated heterocycles. The van der Waals surface area contributed by atoms with Gasteiger partial charge >= 0.3 is 0 Å². The maximum Gasteiger partial charge on any atom is 0.161 e. The van der Waals surface area contributed by atoms with E-state index < -0.39 is 0 Å². The molecule has 0 bridgehead atoms. The molecule has 1 aliphatic heterocycles. The van der Waals surface area contributed by atoms with E-state index in [1.165, 1.54) is 21.8 Å². The molecule has 0 aliphatic carbocycles. The molecule has 2 nitrogen and oxygen atoms in total. The minimum atomic E-state index is 0.764. The zero-order valence-corrected chi connectivity index (χ0v) is 6.46. The van der Waals surface area contributed by atoms with E-state index in [0.717, 1.165) is 4.32 Å². The molecular formula is CH2N2S4. The molecular weight excluding hydrogens is 168 g/mol. The highest BCUT2D eigenvalue weighted by Gasteiger charge is 2.12. The van der Waals surface area contributed by atoms with Crippen LogP contribution < -0.4 is 5.43 Å². The average molecular weight is 170 g/mol. The first-order valence-electron chi connectivity index (χ1n) is 1.43. The van der Waals surface area contributed by atoms with Crippen LogP contribution >= 0.6 is 46.8 Å². The highest BCUT2D eigenvalue weighted by molar-refractivity contribution is 8.84. The Bertz CT molecular complexity index is 91.7. The number of nitrogens with one attached hydrogen (secondary N) is 1. The first kappa shape index (κ1) is 6.03. The largest absolute Gasteiger partial charge is 0.283 e. The van der Waals surface area contributed by atoms with Gasteiger partial charge in [0.05, 0.1) is 0 Å². The molecule has 0 aromatic rings. The van der Waals surface area contributed by atoms with E-state index in [2.05, 4.69) is 18.2 Å². The number of thiocarbonyl (C=S) groups is 1. The molecule has 1 fully saturated rings. The highest BCUT2D eigenvalue weighted by atomic mass is 33.1. The van der Waals surface area contributed by atoms with Gasteiger partial charge in [0.15, 0.2) is 4.32 Å². The van der Waals surface area contributed by atoms with E-state index in [1.54, 1.807) is 3.82 Å². The summed E-state index contributed by atoms with van der Waals surface area (Å²) in [6.07, 6.45) is 0. The maximum absolute atomic E-state index is 4.74. The average Bonchev–Trinajstić information content (AvgIpc) is 1.87. The minimum Gasteiger partial charge on any atom is -0.283 e. The van der Waals surface area contributed by atoms with E-state index >= 15 is 0 Å². The monoisotopic (exact) mass is 170 g/mol. The lowest BCUT2D eigenvalue weighted by Crippen LogP contribution is -2.19. The van der Waals surface area contributed by atoms with Gasteiger partial charge in [0, 0.05) is 11.0 Å². The molecule has 0 amide bonds. The van der Waals surface area contributed by atoms with Crippen molar-refractivity contribution in [3.05, 3.63) is 0 Å². The summed E-state index contributed by atoms with van der Waals surface area (Å²) in [4.78, 5) is 0. The zero-order valence-electron chi connectivity index (χ0n) is 3.12. The van der Waals surface area contributed by atoms with Crippen LogP contribution in [-0.2, 0) is 0 Å². The van der Waals surface area contributed by atoms with Gasteiger partial charge in [0.2, 0.25) is 0 Å². The lowest BCUT2D eigenvalue weighted by molar-refractivity contribution is 0.723. The smallest absolute Gasteiger partial charge is 0.161 e. The third-order valence-corrected chi connectivity index (χ3v) is 3.43. The van der Waals surface area contributed by atoms with Gasteiger partial charge in [-0.3, -0.25) is 5.43 Å². The van der Waals surface area contributed by atoms with Crippen LogP contribution in [-0.4, -0.2) is 8.14 Å². The van der Waals surface area contributed by atoms with Crippen molar-refractivity contribution in [2.45, 2.75) is 0 Å². The summed E-state index contributed by atoms with van der Waals surface area (Å²) in [5, 5.41) is 0. The summed E-state index contributed by atoms with van der Waals surface area (Å²) in [7, 11) is 2.96. The Morgan fingerprint density at radius 3 is 2.71 bits per heavy atom. The number of thiol groups is 1. The Labute approximate surface area is 60.4 Å². The quantitative estimate of drug-likeness (QED) is 0.245. The van der Waals surface area contributed by atoms with Crippen molar-refractivity contribution >= 4 is 51.1 Å². The SMILES string of the molecule is S=C1NN(S)SS1. The van der Waals surface area contributed by atoms with Crippen LogP contribution in [0.5, 0.6) is 0 Å². The summed E-state index contributed by atoms with van der Waals surface area (Å²) in [5.74, 6) is 0. The fourth-order valence-electron chi connectivity index (χ4n) is 0.185. The third kappa shape index (κ3) is 1.69. The van der Waals surface area contributed by atoms with Crippen molar-refractivity contribution in [1.29, 1.82) is 0 Å². The van der Waals surface area contributed by atoms with Crippen molar-refractivity contribution in [3.63, 3.8) is 0 Å². The second-order valence-electron chi connectivity index (χ2n) is 0.830. The van der Waals surface area contributed by atoms with Crippen molar-refractivity contribution < 1.29 is 0 Å². The fraction of sp³-hybridized carbons (Fsp3) is 0. The number of rotatable bonds is 0. The lowest BCUT2D eigenvalue weighted by Gasteiger charge is -1.98. The lowest BCUT2D eigenvalue weighted by atomic mass is 11.5. The molecule has 7 heavy (non-hydrogen) atoms. The summed E-state index contributed by atoms with van der Waals surface area (Å²) in [6.45, 7) is 0. The molecule has 6 heteroatoms. The molecule has 0 atom stereocenters. The van der Waals surface area contributed by atoms with Crippen molar-refractivity contribution in [2.24, 2.45) is 0 Å². The maximum atomic E-state index is 4.74. The van der Waals surface area contributed by atoms with Gasteiger partial charge in [-0.05, 0) is 10.8 Å². The van der Waals surface area contributed by atoms with E-state index in [9.17, 15) is 0 Å². The Morgan fingerprint density at radius 1 is 1.86 bits per heavy atom. The summed E-state index contributed by atoms with van der Waals surface area (Å²) in [5.41, 5.74) is 2.77. The van der Waals surface area contributed by atoms with Crippen LogP contribution in [0.4, 0.5) is 0 Å². The van der Waals surface area contributed by atoms with Crippen molar-refractivity contribution in [1.82, 2.24) is 9.25 Å². The van der Waals surface area contributed by atoms with Gasteiger partial charge in [0.1, 0.15) is 0 Å². The van der Waals surface area contributed by atoms with Gasteiger partial charge < -0.3 is 0 Å². The standard InChI is InChI=1S/CH2N2S4/c4-1-2-3(5)7-6-1/h5H,(H,2,4). The second kappa shape index (κ2) is 2.45. The number of hydrazine groups is 1. The van der Waals surface area contributed by atoms with E-state index in [-0.39, 0.29) is 0 Å². The first-order chi connectivity index (χ1) is 3.29. The van der Waals surface area contributed by atoms with E-state index in [4.69, 9.17) is 12.2 Å². The molecule has 0 unspecified atom stereocenters. The second-order valence-corrected chi connectivity index (χ2v) is 4.20. The Hall–Kier alpha value is 0.900. The molecule has 1 aliphatic rings. The summed E-state index contributed by atoms with van der Waals surface area (Å²) < 4.78 is 2.33. The van der Waals surface area contributed by atoms with Crippen LogP contribution in [0.2, 0.25) is 0 Å². The molecule has 0 saturated carbocycles. The van der Waals surface area contributed by atoms with Gasteiger partial charge in [-0.25, -0.2) is 0 Å². The van der Waals surface area contributed by atoms with Crippen molar-refractivity contribution in [2.75, 3.05) is 0 Å². The minimum absolute atomic E-state index is 0.764. The Kier molecular flexibility index (Phi) is 2.11. The molecule has 40 valence electrons. The first-order valence-corrected chi connectivity index (χ1v) is 4.35. The molecule has 1 rings (SSSR count). The predicted octanol–water partition coefficient (Wildman–Crippen LogP) is 1.23. The van der Waals surface area contributed by atoms with Gasteiger partial charge in [-0.15, -0.1) is 0 Å². The molecule has 0 aromatic heterocycles. The third-order valence-electron chi connectivity index (χ3n) is 0.370. The molecule has 0 aromatic carbocycles.